The minimum absolute atomic E-state index is 0.0894. The van der Waals surface area contributed by atoms with Gasteiger partial charge in [0, 0.05) is 39.0 Å². The largest absolute Gasteiger partial charge is 0.379 e. The molecule has 0 unspecified atom stereocenters. The molecule has 0 saturated carbocycles. The second-order valence-corrected chi connectivity index (χ2v) is 8.47. The van der Waals surface area contributed by atoms with Gasteiger partial charge in [0.25, 0.3) is 0 Å². The lowest BCUT2D eigenvalue weighted by molar-refractivity contribution is -0.121. The van der Waals surface area contributed by atoms with Crippen molar-refractivity contribution in [3.63, 3.8) is 0 Å². The lowest BCUT2D eigenvalue weighted by Gasteiger charge is -2.26. The van der Waals surface area contributed by atoms with Crippen molar-refractivity contribution in [3.05, 3.63) is 42.0 Å². The van der Waals surface area contributed by atoms with E-state index >= 15 is 0 Å². The predicted octanol–water partition coefficient (Wildman–Crippen LogP) is 0.425. The molecule has 0 spiro atoms. The zero-order valence-corrected chi connectivity index (χ0v) is 16.4. The zero-order chi connectivity index (χ0) is 19.8. The number of amides is 1. The lowest BCUT2D eigenvalue weighted by Crippen LogP contribution is -2.41. The third-order valence-corrected chi connectivity index (χ3v) is 5.98. The maximum atomic E-state index is 12.3. The first kappa shape index (κ1) is 20.4. The molecule has 1 aliphatic rings. The van der Waals surface area contributed by atoms with E-state index in [2.05, 4.69) is 20.4 Å². The van der Waals surface area contributed by atoms with E-state index < -0.39 is 9.84 Å². The van der Waals surface area contributed by atoms with E-state index in [-0.39, 0.29) is 41.1 Å². The van der Waals surface area contributed by atoms with Crippen LogP contribution in [-0.2, 0) is 31.5 Å². The summed E-state index contributed by atoms with van der Waals surface area (Å²) in [5.74, 6) is -0.107. The number of morpholine rings is 1. The number of hydrogen-bond donors (Lipinski definition) is 1. The van der Waals surface area contributed by atoms with Crippen LogP contribution in [0.5, 0.6) is 0 Å². The number of nitrogens with one attached hydrogen (secondary N) is 1. The van der Waals surface area contributed by atoms with Crippen molar-refractivity contribution in [2.75, 3.05) is 39.4 Å². The number of ether oxygens (including phenoxy) is 1. The number of carbonyl (C=O) groups is 1. The molecule has 2 aromatic rings. The van der Waals surface area contributed by atoms with Gasteiger partial charge in [0.2, 0.25) is 11.8 Å². The summed E-state index contributed by atoms with van der Waals surface area (Å²) in [4.78, 5) is 18.5. The van der Waals surface area contributed by atoms with Crippen LogP contribution in [0, 0.1) is 0 Å². The molecule has 0 bridgehead atoms. The first-order chi connectivity index (χ1) is 13.5. The average Bonchev–Trinajstić information content (AvgIpc) is 3.14. The summed E-state index contributed by atoms with van der Waals surface area (Å²) in [5.41, 5.74) is 0. The van der Waals surface area contributed by atoms with Crippen molar-refractivity contribution in [1.82, 2.24) is 20.4 Å². The summed E-state index contributed by atoms with van der Waals surface area (Å²) < 4.78 is 35.0. The molecular formula is C18H24N4O5S. The van der Waals surface area contributed by atoms with Gasteiger partial charge in [-0.3, -0.25) is 9.69 Å². The molecule has 0 aliphatic carbocycles. The highest BCUT2D eigenvalue weighted by molar-refractivity contribution is 7.90. The monoisotopic (exact) mass is 408 g/mol. The molecule has 0 radical (unpaired) electrons. The van der Waals surface area contributed by atoms with E-state index in [1.807, 2.05) is 0 Å². The molecule has 1 saturated heterocycles. The zero-order valence-electron chi connectivity index (χ0n) is 15.5. The topological polar surface area (TPSA) is 115 Å². The molecule has 152 valence electrons. The number of hydrogen-bond acceptors (Lipinski definition) is 8. The van der Waals surface area contributed by atoms with Gasteiger partial charge in [-0.1, -0.05) is 23.4 Å². The van der Waals surface area contributed by atoms with Gasteiger partial charge in [0.1, 0.15) is 5.75 Å². The molecule has 0 atom stereocenters. The van der Waals surface area contributed by atoms with Crippen molar-refractivity contribution < 1.29 is 22.5 Å². The fraction of sp³-hybridized carbons (Fsp3) is 0.500. The molecule has 28 heavy (non-hydrogen) atoms. The van der Waals surface area contributed by atoms with Gasteiger partial charge < -0.3 is 14.6 Å². The van der Waals surface area contributed by atoms with Crippen LogP contribution in [0.3, 0.4) is 0 Å². The van der Waals surface area contributed by atoms with E-state index in [9.17, 15) is 13.2 Å². The molecule has 10 heteroatoms. The first-order valence-corrected chi connectivity index (χ1v) is 10.8. The molecule has 1 N–H and O–H groups in total. The highest BCUT2D eigenvalue weighted by atomic mass is 32.2. The van der Waals surface area contributed by atoms with Crippen LogP contribution in [0.25, 0.3) is 0 Å². The summed E-state index contributed by atoms with van der Waals surface area (Å²) >= 11 is 0. The van der Waals surface area contributed by atoms with Gasteiger partial charge in [-0.05, 0) is 12.1 Å². The summed E-state index contributed by atoms with van der Waals surface area (Å²) in [7, 11) is -3.53. The van der Waals surface area contributed by atoms with Gasteiger partial charge in [0.05, 0.1) is 18.1 Å². The maximum Gasteiger partial charge on any atom is 0.227 e. The Bertz CT molecular complexity index is 863. The third-order valence-electron chi connectivity index (χ3n) is 4.35. The van der Waals surface area contributed by atoms with Crippen LogP contribution in [0.1, 0.15) is 18.1 Å². The predicted molar refractivity (Wildman–Crippen MR) is 100 cm³/mol. The quantitative estimate of drug-likeness (QED) is 0.635. The van der Waals surface area contributed by atoms with Crippen LogP contribution in [-0.4, -0.2) is 68.8 Å². The summed E-state index contributed by atoms with van der Waals surface area (Å²) in [6.07, 6.45) is 0.470. The Balaban J connectivity index is 1.41. The number of carbonyl (C=O) groups excluding carboxylic acids is 1. The second kappa shape index (κ2) is 9.76. The Labute approximate surface area is 164 Å². The third kappa shape index (κ3) is 6.11. The van der Waals surface area contributed by atoms with E-state index in [0.29, 0.717) is 6.54 Å². The average molecular weight is 408 g/mol. The molecule has 1 fully saturated rings. The molecule has 9 nitrogen and oxygen atoms in total. The normalized spacial score (nSPS) is 15.4. The molecule has 2 heterocycles. The SMILES string of the molecule is O=C(CCc1nc(CS(=O)(=O)c2ccccc2)no1)NCCN1CCOCC1. The number of aryl methyl sites for hydroxylation is 1. The number of sulfone groups is 1. The van der Waals surface area contributed by atoms with Crippen LogP contribution >= 0.6 is 0 Å². The van der Waals surface area contributed by atoms with Crippen LogP contribution in [0.4, 0.5) is 0 Å². The van der Waals surface area contributed by atoms with Crippen molar-refractivity contribution in [3.8, 4) is 0 Å². The first-order valence-electron chi connectivity index (χ1n) is 9.19. The Hall–Kier alpha value is -2.30. The molecule has 1 aromatic carbocycles. The molecule has 1 amide bonds. The Morgan fingerprint density at radius 1 is 1.18 bits per heavy atom. The van der Waals surface area contributed by atoms with Crippen molar-refractivity contribution in [2.24, 2.45) is 0 Å². The van der Waals surface area contributed by atoms with Crippen LogP contribution in [0.15, 0.2) is 39.8 Å². The van der Waals surface area contributed by atoms with Crippen LogP contribution in [0.2, 0.25) is 0 Å². The molecule has 3 rings (SSSR count). The van der Waals surface area contributed by atoms with E-state index in [1.165, 1.54) is 12.1 Å². The summed E-state index contributed by atoms with van der Waals surface area (Å²) in [6.45, 7) is 4.58. The van der Waals surface area contributed by atoms with Gasteiger partial charge >= 0.3 is 0 Å². The van der Waals surface area contributed by atoms with Gasteiger partial charge in [-0.15, -0.1) is 0 Å². The molecule has 1 aromatic heterocycles. The Kier molecular flexibility index (Phi) is 7.12. The number of aromatic nitrogens is 2. The van der Waals surface area contributed by atoms with E-state index in [4.69, 9.17) is 9.26 Å². The maximum absolute atomic E-state index is 12.3. The fourth-order valence-electron chi connectivity index (χ4n) is 2.82. The smallest absolute Gasteiger partial charge is 0.227 e. The Morgan fingerprint density at radius 3 is 2.68 bits per heavy atom. The summed E-state index contributed by atoms with van der Waals surface area (Å²) in [5, 5.41) is 6.57. The number of nitrogens with zero attached hydrogens (tertiary/aromatic N) is 3. The standard InChI is InChI=1S/C18H24N4O5S/c23-17(19-8-9-22-10-12-26-13-11-22)6-7-18-20-16(21-27-18)14-28(24,25)15-4-2-1-3-5-15/h1-5H,6-14H2,(H,19,23). The molecular weight excluding hydrogens is 384 g/mol. The number of benzene rings is 1. The second-order valence-electron chi connectivity index (χ2n) is 6.48. The van der Waals surface area contributed by atoms with E-state index in [1.54, 1.807) is 18.2 Å². The van der Waals surface area contributed by atoms with Gasteiger partial charge in [-0.25, -0.2) is 8.42 Å². The highest BCUT2D eigenvalue weighted by Crippen LogP contribution is 2.14. The van der Waals surface area contributed by atoms with Crippen molar-refractivity contribution in [2.45, 2.75) is 23.5 Å². The Morgan fingerprint density at radius 2 is 1.93 bits per heavy atom. The minimum Gasteiger partial charge on any atom is -0.379 e. The summed E-state index contributed by atoms with van der Waals surface area (Å²) in [6, 6.07) is 8.12. The lowest BCUT2D eigenvalue weighted by atomic mass is 10.3. The van der Waals surface area contributed by atoms with E-state index in [0.717, 1.165) is 32.8 Å². The van der Waals surface area contributed by atoms with Gasteiger partial charge in [0.15, 0.2) is 15.7 Å². The molecule has 1 aliphatic heterocycles. The van der Waals surface area contributed by atoms with Gasteiger partial charge in [-0.2, -0.15) is 4.98 Å². The number of rotatable bonds is 9. The van der Waals surface area contributed by atoms with Crippen LogP contribution < -0.4 is 5.32 Å². The minimum atomic E-state index is -3.53. The van der Waals surface area contributed by atoms with Crippen molar-refractivity contribution >= 4 is 15.7 Å². The fourth-order valence-corrected chi connectivity index (χ4v) is 4.01. The highest BCUT2D eigenvalue weighted by Gasteiger charge is 2.19. The van der Waals surface area contributed by atoms with Crippen molar-refractivity contribution in [1.29, 1.82) is 0 Å².